The zero-order valence-corrected chi connectivity index (χ0v) is 10.9. The van der Waals surface area contributed by atoms with Gasteiger partial charge < -0.3 is 10.1 Å². The third-order valence-corrected chi connectivity index (χ3v) is 3.40. The minimum absolute atomic E-state index is 0.0414. The van der Waals surface area contributed by atoms with Crippen molar-refractivity contribution in [1.82, 2.24) is 0 Å². The van der Waals surface area contributed by atoms with Crippen molar-refractivity contribution >= 4 is 11.4 Å². The molecule has 0 spiro atoms. The molecule has 0 unspecified atom stereocenters. The molecule has 0 atom stereocenters. The Morgan fingerprint density at radius 1 is 1.39 bits per heavy atom. The second-order valence-corrected chi connectivity index (χ2v) is 5.30. The fraction of sp³-hybridized carbons (Fsp3) is 0.538. The Labute approximate surface area is 106 Å². The van der Waals surface area contributed by atoms with Crippen LogP contribution in [-0.2, 0) is 0 Å². The van der Waals surface area contributed by atoms with Crippen molar-refractivity contribution in [3.8, 4) is 5.75 Å². The molecule has 1 saturated carbocycles. The summed E-state index contributed by atoms with van der Waals surface area (Å²) in [6, 6.07) is 4.76. The summed E-state index contributed by atoms with van der Waals surface area (Å²) < 4.78 is 5.09. The standard InChI is InChI=1S/C13H18N2O3/c1-13(2,9-4-5-9)14-10-6-11(15(16)17)8-12(7-10)18-3/h6-9,14H,4-5H2,1-3H3. The quantitative estimate of drug-likeness (QED) is 0.643. The molecule has 0 bridgehead atoms. The first-order valence-corrected chi connectivity index (χ1v) is 6.04. The van der Waals surface area contributed by atoms with Gasteiger partial charge in [-0.15, -0.1) is 0 Å². The van der Waals surface area contributed by atoms with Crippen LogP contribution in [0, 0.1) is 16.0 Å². The van der Waals surface area contributed by atoms with E-state index in [1.54, 1.807) is 12.1 Å². The summed E-state index contributed by atoms with van der Waals surface area (Å²) in [5.41, 5.74) is 0.738. The van der Waals surface area contributed by atoms with E-state index in [0.717, 1.165) is 5.69 Å². The lowest BCUT2D eigenvalue weighted by molar-refractivity contribution is -0.384. The molecule has 5 nitrogen and oxygen atoms in total. The van der Waals surface area contributed by atoms with Crippen LogP contribution in [0.15, 0.2) is 18.2 Å². The van der Waals surface area contributed by atoms with Crippen LogP contribution >= 0.6 is 0 Å². The Kier molecular flexibility index (Phi) is 3.15. The number of nitro benzene ring substituents is 1. The van der Waals surface area contributed by atoms with E-state index in [4.69, 9.17) is 4.74 Å². The van der Waals surface area contributed by atoms with Crippen molar-refractivity contribution in [3.05, 3.63) is 28.3 Å². The predicted octanol–water partition coefficient (Wildman–Crippen LogP) is 3.20. The summed E-state index contributed by atoms with van der Waals surface area (Å²) in [4.78, 5) is 10.5. The van der Waals surface area contributed by atoms with Gasteiger partial charge in [0.25, 0.3) is 5.69 Å². The van der Waals surface area contributed by atoms with Gasteiger partial charge >= 0.3 is 0 Å². The molecular weight excluding hydrogens is 232 g/mol. The van der Waals surface area contributed by atoms with Crippen molar-refractivity contribution in [2.24, 2.45) is 5.92 Å². The van der Waals surface area contributed by atoms with Crippen molar-refractivity contribution in [1.29, 1.82) is 0 Å². The number of nitrogens with one attached hydrogen (secondary N) is 1. The molecule has 1 N–H and O–H groups in total. The molecule has 1 fully saturated rings. The highest BCUT2D eigenvalue weighted by atomic mass is 16.6. The van der Waals surface area contributed by atoms with Gasteiger partial charge in [0.1, 0.15) is 5.75 Å². The first-order valence-electron chi connectivity index (χ1n) is 6.04. The van der Waals surface area contributed by atoms with Gasteiger partial charge in [-0.3, -0.25) is 10.1 Å². The summed E-state index contributed by atoms with van der Waals surface area (Å²) in [5.74, 6) is 1.14. The topological polar surface area (TPSA) is 64.4 Å². The molecule has 0 aliphatic heterocycles. The smallest absolute Gasteiger partial charge is 0.275 e. The molecule has 0 saturated heterocycles. The van der Waals surface area contributed by atoms with E-state index in [0.29, 0.717) is 11.7 Å². The molecule has 0 aromatic heterocycles. The number of non-ortho nitro benzene ring substituents is 1. The molecule has 1 aliphatic rings. The van der Waals surface area contributed by atoms with Crippen LogP contribution in [0.25, 0.3) is 0 Å². The fourth-order valence-electron chi connectivity index (χ4n) is 2.16. The predicted molar refractivity (Wildman–Crippen MR) is 70.1 cm³/mol. The lowest BCUT2D eigenvalue weighted by Gasteiger charge is -2.27. The summed E-state index contributed by atoms with van der Waals surface area (Å²) in [7, 11) is 1.51. The van der Waals surface area contributed by atoms with Crippen LogP contribution in [0.4, 0.5) is 11.4 Å². The molecule has 1 aromatic carbocycles. The lowest BCUT2D eigenvalue weighted by atomic mass is 9.98. The van der Waals surface area contributed by atoms with E-state index in [-0.39, 0.29) is 11.2 Å². The van der Waals surface area contributed by atoms with Crippen molar-refractivity contribution in [2.45, 2.75) is 32.2 Å². The molecule has 0 amide bonds. The number of methoxy groups -OCH3 is 1. The fourth-order valence-corrected chi connectivity index (χ4v) is 2.16. The monoisotopic (exact) mass is 250 g/mol. The number of benzene rings is 1. The highest BCUT2D eigenvalue weighted by Crippen LogP contribution is 2.41. The zero-order chi connectivity index (χ0) is 13.3. The first-order chi connectivity index (χ1) is 8.42. The van der Waals surface area contributed by atoms with Gasteiger partial charge in [0.15, 0.2) is 0 Å². The average Bonchev–Trinajstić information content (AvgIpc) is 3.11. The minimum atomic E-state index is -0.405. The maximum absolute atomic E-state index is 10.9. The van der Waals surface area contributed by atoms with Gasteiger partial charge in [-0.05, 0) is 32.6 Å². The van der Waals surface area contributed by atoms with Crippen LogP contribution in [0.1, 0.15) is 26.7 Å². The van der Waals surface area contributed by atoms with Crippen molar-refractivity contribution < 1.29 is 9.66 Å². The van der Waals surface area contributed by atoms with E-state index < -0.39 is 4.92 Å². The van der Waals surface area contributed by atoms with Crippen LogP contribution in [0.2, 0.25) is 0 Å². The summed E-state index contributed by atoms with van der Waals surface area (Å²) in [6.45, 7) is 4.24. The Bertz CT molecular complexity index is 467. The van der Waals surface area contributed by atoms with Crippen LogP contribution in [0.5, 0.6) is 5.75 Å². The molecule has 0 radical (unpaired) electrons. The number of hydrogen-bond donors (Lipinski definition) is 1. The summed E-state index contributed by atoms with van der Waals surface area (Å²) >= 11 is 0. The highest BCUT2D eigenvalue weighted by molar-refractivity contribution is 5.57. The lowest BCUT2D eigenvalue weighted by Crippen LogP contribution is -2.33. The second kappa shape index (κ2) is 4.48. The molecule has 18 heavy (non-hydrogen) atoms. The van der Waals surface area contributed by atoms with Crippen LogP contribution < -0.4 is 10.1 Å². The van der Waals surface area contributed by atoms with Gasteiger partial charge in [-0.25, -0.2) is 0 Å². The summed E-state index contributed by atoms with van der Waals surface area (Å²) in [6.07, 6.45) is 2.43. The zero-order valence-electron chi connectivity index (χ0n) is 10.9. The van der Waals surface area contributed by atoms with Gasteiger partial charge in [0.2, 0.25) is 0 Å². The largest absolute Gasteiger partial charge is 0.496 e. The van der Waals surface area contributed by atoms with Gasteiger partial charge in [-0.1, -0.05) is 0 Å². The number of rotatable bonds is 5. The third kappa shape index (κ3) is 2.72. The number of ether oxygens (including phenoxy) is 1. The van der Waals surface area contributed by atoms with Crippen molar-refractivity contribution in [2.75, 3.05) is 12.4 Å². The SMILES string of the molecule is COc1cc(NC(C)(C)C2CC2)cc([N+](=O)[O-])c1. The average molecular weight is 250 g/mol. The molecule has 1 aromatic rings. The second-order valence-electron chi connectivity index (χ2n) is 5.30. The highest BCUT2D eigenvalue weighted by Gasteiger charge is 2.37. The Morgan fingerprint density at radius 3 is 2.56 bits per heavy atom. The van der Waals surface area contributed by atoms with Gasteiger partial charge in [-0.2, -0.15) is 0 Å². The number of nitrogens with zero attached hydrogens (tertiary/aromatic N) is 1. The van der Waals surface area contributed by atoms with Gasteiger partial charge in [0, 0.05) is 23.4 Å². The van der Waals surface area contributed by atoms with Gasteiger partial charge in [0.05, 0.1) is 18.1 Å². The molecular formula is C13H18N2O3. The molecule has 5 heteroatoms. The number of anilines is 1. The number of hydrogen-bond acceptors (Lipinski definition) is 4. The van der Waals surface area contributed by atoms with Crippen LogP contribution in [0.3, 0.4) is 0 Å². The van der Waals surface area contributed by atoms with E-state index >= 15 is 0 Å². The molecule has 0 heterocycles. The Balaban J connectivity index is 2.26. The van der Waals surface area contributed by atoms with E-state index in [1.165, 1.54) is 26.0 Å². The Hall–Kier alpha value is -1.78. The maximum Gasteiger partial charge on any atom is 0.275 e. The van der Waals surface area contributed by atoms with Crippen LogP contribution in [-0.4, -0.2) is 17.6 Å². The Morgan fingerprint density at radius 2 is 2.06 bits per heavy atom. The van der Waals surface area contributed by atoms with E-state index in [2.05, 4.69) is 19.2 Å². The first kappa shape index (κ1) is 12.7. The molecule has 2 rings (SSSR count). The summed E-state index contributed by atoms with van der Waals surface area (Å²) in [5, 5.41) is 14.2. The normalized spacial score (nSPS) is 15.3. The maximum atomic E-state index is 10.9. The van der Waals surface area contributed by atoms with E-state index in [1.807, 2.05) is 0 Å². The van der Waals surface area contributed by atoms with Crippen molar-refractivity contribution in [3.63, 3.8) is 0 Å². The number of nitro groups is 1. The molecule has 1 aliphatic carbocycles. The third-order valence-electron chi connectivity index (χ3n) is 3.40. The van der Waals surface area contributed by atoms with E-state index in [9.17, 15) is 10.1 Å². The molecule has 98 valence electrons. The minimum Gasteiger partial charge on any atom is -0.496 e.